The van der Waals surface area contributed by atoms with Gasteiger partial charge in [-0.3, -0.25) is 0 Å². The molecule has 3 aromatic rings. The number of aliphatic carboxylic acids is 1. The van der Waals surface area contributed by atoms with Crippen molar-refractivity contribution in [1.82, 2.24) is 0 Å². The summed E-state index contributed by atoms with van der Waals surface area (Å²) in [4.78, 5) is 12.1. The van der Waals surface area contributed by atoms with Gasteiger partial charge in [0.25, 0.3) is 0 Å². The molecular formula is C36H47CoN2O4+2. The molecule has 0 saturated heterocycles. The van der Waals surface area contributed by atoms with Crippen LogP contribution in [0, 0.1) is 0 Å². The number of hydrogen-bond acceptors (Lipinski definition) is 3. The summed E-state index contributed by atoms with van der Waals surface area (Å²) in [7, 11) is 0. The Hall–Kier alpha value is -3.42. The maximum absolute atomic E-state index is 12.1. The average Bonchev–Trinajstić information content (AvgIpc) is 2.88. The first-order valence-corrected chi connectivity index (χ1v) is 15.2. The van der Waals surface area contributed by atoms with Crippen molar-refractivity contribution in [3.05, 3.63) is 81.9 Å². The molecule has 0 aromatic heterocycles. The molecule has 0 amide bonds. The van der Waals surface area contributed by atoms with Gasteiger partial charge < -0.3 is 0 Å². The molecule has 0 aliphatic heterocycles. The fraction of sp³-hybridized carbons (Fsp3) is 0.417. The number of nitrogens with zero attached hydrogens (tertiary/aromatic N) is 2. The Kier molecular flexibility index (Phi) is 10.3. The molecule has 6 nitrogen and oxygen atoms in total. The first-order valence-electron chi connectivity index (χ1n) is 14.8. The number of para-hydroxylation sites is 2. The molecule has 7 heteroatoms. The van der Waals surface area contributed by atoms with Gasteiger partial charge in [-0.25, -0.2) is 0 Å². The van der Waals surface area contributed by atoms with Crippen LogP contribution in [-0.2, 0) is 31.6 Å². The van der Waals surface area contributed by atoms with Crippen LogP contribution >= 0.6 is 0 Å². The summed E-state index contributed by atoms with van der Waals surface area (Å²) >= 11 is 4.87. The second-order valence-electron chi connectivity index (χ2n) is 13.9. The zero-order valence-electron chi connectivity index (χ0n) is 27.1. The van der Waals surface area contributed by atoms with E-state index in [-0.39, 0.29) is 40.7 Å². The normalized spacial score (nSPS) is 13.3. The molecule has 3 N–H and O–H groups in total. The molecule has 3 rings (SSSR count). The zero-order chi connectivity index (χ0) is 32.4. The summed E-state index contributed by atoms with van der Waals surface area (Å²) < 4.78 is 3.21. The van der Waals surface area contributed by atoms with Crippen LogP contribution in [0.5, 0.6) is 11.5 Å². The Bertz CT molecular complexity index is 1570. The number of phenols is 2. The molecule has 232 valence electrons. The van der Waals surface area contributed by atoms with E-state index in [2.05, 4.69) is 47.6 Å². The predicted octanol–water partition coefficient (Wildman–Crippen LogP) is 8.01. The molecule has 0 atom stereocenters. The fourth-order valence-electron chi connectivity index (χ4n) is 4.88. The van der Waals surface area contributed by atoms with Crippen LogP contribution in [0.2, 0.25) is 0 Å². The number of carboxylic acid groups (broad SMARTS) is 1. The van der Waals surface area contributed by atoms with E-state index in [1.54, 1.807) is 20.6 Å². The van der Waals surface area contributed by atoms with Gasteiger partial charge in [-0.2, -0.15) is 0 Å². The molecule has 0 radical (unpaired) electrons. The number of carboxylic acids is 1. The van der Waals surface area contributed by atoms with Gasteiger partial charge in [0.1, 0.15) is 0 Å². The van der Waals surface area contributed by atoms with Crippen LogP contribution in [0.25, 0.3) is 0 Å². The molecule has 0 saturated carbocycles. The van der Waals surface area contributed by atoms with Crippen molar-refractivity contribution in [3.8, 4) is 11.5 Å². The summed E-state index contributed by atoms with van der Waals surface area (Å²) in [6.07, 6.45) is 3.45. The molecule has 3 aromatic carbocycles. The van der Waals surface area contributed by atoms with E-state index in [9.17, 15) is 20.1 Å². The number of aromatic hydroxyl groups is 2. The number of rotatable bonds is 8. The van der Waals surface area contributed by atoms with E-state index in [1.165, 1.54) is 0 Å². The number of phenolic OH excluding ortho intramolecular Hbond substituents is 2. The molecular weight excluding hydrogens is 583 g/mol. The molecule has 0 unspecified atom stereocenters. The van der Waals surface area contributed by atoms with Crippen LogP contribution < -0.4 is 0 Å². The van der Waals surface area contributed by atoms with Gasteiger partial charge in [0, 0.05) is 0 Å². The van der Waals surface area contributed by atoms with Gasteiger partial charge in [0.2, 0.25) is 0 Å². The third-order valence-corrected chi connectivity index (χ3v) is 7.96. The Morgan fingerprint density at radius 2 is 1.19 bits per heavy atom. The van der Waals surface area contributed by atoms with Gasteiger partial charge in [0.05, 0.1) is 0 Å². The molecule has 0 heterocycles. The van der Waals surface area contributed by atoms with Crippen LogP contribution in [0.4, 0.5) is 11.4 Å². The summed E-state index contributed by atoms with van der Waals surface area (Å²) in [6.45, 7) is 20.6. The standard InChI is InChI=1S/C36H46N2O4.Co/c1-22(2)28-17-26(35(5,6)7)15-24(33(28)41)19-37-30-13-11-12-14-31(30)38(21-32(39)40)20-25-16-27(36(8,9)10)18-29(23(3)4)34(25)42;/h11-20,22-23H,21H2,1-10H3,(H2,37,39,40,41);/q;+1/p+1. The van der Waals surface area contributed by atoms with Crippen molar-refractivity contribution >= 4 is 29.8 Å². The van der Waals surface area contributed by atoms with Crippen molar-refractivity contribution < 1.29 is 44.3 Å². The maximum atomic E-state index is 12.1. The monoisotopic (exact) mass is 630 g/mol. The van der Waals surface area contributed by atoms with Crippen molar-refractivity contribution in [1.29, 1.82) is 0 Å². The predicted molar refractivity (Wildman–Crippen MR) is 171 cm³/mol. The van der Waals surface area contributed by atoms with E-state index in [0.29, 0.717) is 22.5 Å². The summed E-state index contributed by atoms with van der Waals surface area (Å²) in [6, 6.07) is 15.3. The SMILES string of the molecule is CC(C)c1cc(C(C)(C)C)cc(C=[N+]([Co])c2ccccc2[N+](=Cc2cc(C(C)(C)C)cc(C(C)C)c2O)CC(=O)O)c1O. The van der Waals surface area contributed by atoms with Crippen LogP contribution in [0.15, 0.2) is 48.5 Å². The first kappa shape index (κ1) is 34.1. The minimum atomic E-state index is -1.02. The Balaban J connectivity index is 2.29. The molecule has 0 aliphatic rings. The van der Waals surface area contributed by atoms with E-state index in [1.807, 2.05) is 70.2 Å². The van der Waals surface area contributed by atoms with Crippen molar-refractivity contribution in [2.45, 2.75) is 91.9 Å². The fourth-order valence-corrected chi connectivity index (χ4v) is 5.22. The number of carbonyl (C=O) groups is 1. The third-order valence-electron chi connectivity index (χ3n) is 7.57. The summed E-state index contributed by atoms with van der Waals surface area (Å²) in [5, 5.41) is 32.4. The number of benzene rings is 3. The summed E-state index contributed by atoms with van der Waals surface area (Å²) in [5.41, 5.74) is 5.83. The first-order chi connectivity index (χ1) is 19.8. The van der Waals surface area contributed by atoms with E-state index >= 15 is 0 Å². The quantitative estimate of drug-likeness (QED) is 0.174. The second kappa shape index (κ2) is 13.1. The Morgan fingerprint density at radius 1 is 0.767 bits per heavy atom. The van der Waals surface area contributed by atoms with E-state index < -0.39 is 5.97 Å². The summed E-state index contributed by atoms with van der Waals surface area (Å²) in [5.74, 6) is -0.508. The van der Waals surface area contributed by atoms with Crippen LogP contribution in [0.3, 0.4) is 0 Å². The van der Waals surface area contributed by atoms with Gasteiger partial charge in [-0.05, 0) is 0 Å². The van der Waals surface area contributed by atoms with Crippen molar-refractivity contribution in [3.63, 3.8) is 0 Å². The zero-order valence-corrected chi connectivity index (χ0v) is 28.2. The molecule has 0 bridgehead atoms. The van der Waals surface area contributed by atoms with Crippen LogP contribution in [0.1, 0.15) is 114 Å². The van der Waals surface area contributed by atoms with E-state index in [0.717, 1.165) is 22.3 Å². The topological polar surface area (TPSA) is 83.8 Å². The van der Waals surface area contributed by atoms with Crippen molar-refractivity contribution in [2.24, 2.45) is 0 Å². The minimum absolute atomic E-state index is 0.0733. The van der Waals surface area contributed by atoms with Gasteiger partial charge in [-0.1, -0.05) is 0 Å². The molecule has 0 aliphatic carbocycles. The average molecular weight is 631 g/mol. The van der Waals surface area contributed by atoms with Gasteiger partial charge in [0.15, 0.2) is 0 Å². The molecule has 43 heavy (non-hydrogen) atoms. The second-order valence-corrected chi connectivity index (χ2v) is 14.4. The van der Waals surface area contributed by atoms with Crippen LogP contribution in [-0.4, -0.2) is 48.5 Å². The third kappa shape index (κ3) is 8.15. The van der Waals surface area contributed by atoms with Crippen molar-refractivity contribution in [2.75, 3.05) is 6.54 Å². The Labute approximate surface area is 265 Å². The van der Waals surface area contributed by atoms with Gasteiger partial charge >= 0.3 is 266 Å². The Morgan fingerprint density at radius 3 is 1.58 bits per heavy atom. The van der Waals surface area contributed by atoms with Gasteiger partial charge in [-0.15, -0.1) is 0 Å². The number of hydrogen-bond donors (Lipinski definition) is 3. The molecule has 0 fully saturated rings. The van der Waals surface area contributed by atoms with E-state index in [4.69, 9.17) is 16.0 Å². The molecule has 0 spiro atoms.